The molecule has 0 saturated carbocycles. The van der Waals surface area contributed by atoms with Crippen LogP contribution in [0.1, 0.15) is 38.4 Å². The van der Waals surface area contributed by atoms with Crippen LogP contribution in [0.2, 0.25) is 14.4 Å². The van der Waals surface area contributed by atoms with Crippen molar-refractivity contribution >= 4 is 69.3 Å². The zero-order valence-electron chi connectivity index (χ0n) is 15.8. The van der Waals surface area contributed by atoms with E-state index in [4.69, 9.17) is 34.8 Å². The minimum absolute atomic E-state index is 0.0767. The molecule has 0 aliphatic carbocycles. The summed E-state index contributed by atoms with van der Waals surface area (Å²) < 4.78 is 0.693. The number of nitrogens with zero attached hydrogens (tertiary/aromatic N) is 1. The van der Waals surface area contributed by atoms with E-state index < -0.39 is 0 Å². The average Bonchev–Trinajstić information content (AvgIpc) is 2.96. The maximum atomic E-state index is 13.1. The van der Waals surface area contributed by atoms with Gasteiger partial charge in [0.05, 0.1) is 10.0 Å². The lowest BCUT2D eigenvalue weighted by molar-refractivity contribution is 0.0986. The molecule has 0 radical (unpaired) electrons. The topological polar surface area (TPSA) is 49.4 Å². The third kappa shape index (κ3) is 4.65. The molecule has 0 bridgehead atoms. The summed E-state index contributed by atoms with van der Waals surface area (Å²) in [6.07, 6.45) is 2.92. The fraction of sp³-hybridized carbons (Fsp3) is 0.182. The molecule has 0 fully saturated rings. The van der Waals surface area contributed by atoms with E-state index in [1.807, 2.05) is 6.07 Å². The molecular weight excluding hydrogens is 463 g/mol. The summed E-state index contributed by atoms with van der Waals surface area (Å²) in [6, 6.07) is 13.4. The number of aryl methyl sites for hydroxylation is 1. The van der Waals surface area contributed by atoms with E-state index in [-0.39, 0.29) is 11.8 Å². The van der Waals surface area contributed by atoms with Crippen LogP contribution in [-0.2, 0) is 6.42 Å². The molecule has 1 N–H and O–H groups in total. The smallest absolute Gasteiger partial charge is 0.258 e. The van der Waals surface area contributed by atoms with Crippen molar-refractivity contribution in [1.29, 1.82) is 0 Å². The first-order chi connectivity index (χ1) is 14.4. The van der Waals surface area contributed by atoms with Gasteiger partial charge in [-0.3, -0.25) is 9.59 Å². The van der Waals surface area contributed by atoms with Crippen LogP contribution < -0.4 is 10.2 Å². The van der Waals surface area contributed by atoms with Gasteiger partial charge in [0.25, 0.3) is 11.8 Å². The maximum Gasteiger partial charge on any atom is 0.258 e. The van der Waals surface area contributed by atoms with Gasteiger partial charge in [-0.2, -0.15) is 0 Å². The van der Waals surface area contributed by atoms with Gasteiger partial charge < -0.3 is 10.2 Å². The molecule has 30 heavy (non-hydrogen) atoms. The molecule has 4 rings (SSSR count). The Balaban J connectivity index is 1.51. The van der Waals surface area contributed by atoms with E-state index in [1.165, 1.54) is 11.3 Å². The minimum atomic E-state index is -0.330. The highest BCUT2D eigenvalue weighted by Crippen LogP contribution is 2.37. The highest BCUT2D eigenvalue weighted by molar-refractivity contribution is 7.16. The molecule has 3 aromatic rings. The number of benzene rings is 2. The molecule has 2 heterocycles. The Morgan fingerprint density at radius 2 is 1.60 bits per heavy atom. The van der Waals surface area contributed by atoms with Crippen LogP contribution in [0.25, 0.3) is 0 Å². The number of amides is 2. The normalized spacial score (nSPS) is 13.5. The first kappa shape index (κ1) is 21.2. The van der Waals surface area contributed by atoms with Crippen molar-refractivity contribution in [3.05, 3.63) is 78.9 Å². The standard InChI is InChI=1S/C22H17Cl3N2O2S/c23-15-9-14(10-16(24)11-15)21(28)26-17-6-4-13(5-7-17)22(29)27-8-2-1-3-19-18(27)12-20(25)30-19/h4-7,9-12H,1-3,8H2,(H,26,28). The average molecular weight is 480 g/mol. The van der Waals surface area contributed by atoms with Gasteiger partial charge in [0.2, 0.25) is 0 Å². The van der Waals surface area contributed by atoms with Gasteiger partial charge in [-0.1, -0.05) is 34.8 Å². The summed E-state index contributed by atoms with van der Waals surface area (Å²) >= 11 is 19.6. The molecule has 154 valence electrons. The molecule has 1 aromatic heterocycles. The quantitative estimate of drug-likeness (QED) is 0.442. The molecule has 4 nitrogen and oxygen atoms in total. The van der Waals surface area contributed by atoms with Crippen LogP contribution in [-0.4, -0.2) is 18.4 Å². The fourth-order valence-corrected chi connectivity index (χ4v) is 5.26. The van der Waals surface area contributed by atoms with Crippen molar-refractivity contribution in [3.8, 4) is 0 Å². The Hall–Kier alpha value is -2.05. The van der Waals surface area contributed by atoms with Crippen LogP contribution in [0.15, 0.2) is 48.5 Å². The SMILES string of the molecule is O=C(Nc1ccc(C(=O)N2CCCCc3sc(Cl)cc32)cc1)c1cc(Cl)cc(Cl)c1. The summed E-state index contributed by atoms with van der Waals surface area (Å²) in [4.78, 5) is 28.5. The van der Waals surface area contributed by atoms with Gasteiger partial charge in [-0.05, 0) is 67.8 Å². The molecule has 8 heteroatoms. The summed E-state index contributed by atoms with van der Waals surface area (Å²) in [5, 5.41) is 3.57. The largest absolute Gasteiger partial charge is 0.322 e. The Kier molecular flexibility index (Phi) is 6.34. The van der Waals surface area contributed by atoms with Crippen LogP contribution in [0.3, 0.4) is 0 Å². The predicted molar refractivity (Wildman–Crippen MR) is 125 cm³/mol. The number of rotatable bonds is 3. The number of hydrogen-bond donors (Lipinski definition) is 1. The number of carbonyl (C=O) groups excluding carboxylic acids is 2. The van der Waals surface area contributed by atoms with Crippen molar-refractivity contribution < 1.29 is 9.59 Å². The van der Waals surface area contributed by atoms with Crippen LogP contribution >= 0.6 is 46.1 Å². The predicted octanol–water partition coefficient (Wildman–Crippen LogP) is 6.94. The van der Waals surface area contributed by atoms with Crippen molar-refractivity contribution in [2.24, 2.45) is 0 Å². The number of anilines is 2. The molecule has 2 amide bonds. The van der Waals surface area contributed by atoms with Crippen molar-refractivity contribution in [2.75, 3.05) is 16.8 Å². The van der Waals surface area contributed by atoms with Crippen LogP contribution in [0.4, 0.5) is 11.4 Å². The van der Waals surface area contributed by atoms with Gasteiger partial charge in [0.15, 0.2) is 0 Å². The summed E-state index contributed by atoms with van der Waals surface area (Å²) in [5.74, 6) is -0.407. The number of hydrogen-bond acceptors (Lipinski definition) is 3. The Bertz CT molecular complexity index is 1090. The summed E-state index contributed by atoms with van der Waals surface area (Å²) in [5.41, 5.74) is 2.39. The lowest BCUT2D eigenvalue weighted by atomic mass is 10.1. The molecule has 0 unspecified atom stereocenters. The number of thiophene rings is 1. The van der Waals surface area contributed by atoms with E-state index in [1.54, 1.807) is 47.4 Å². The second kappa shape index (κ2) is 8.98. The van der Waals surface area contributed by atoms with Crippen LogP contribution in [0, 0.1) is 0 Å². The maximum absolute atomic E-state index is 13.1. The number of carbonyl (C=O) groups is 2. The van der Waals surface area contributed by atoms with Crippen molar-refractivity contribution in [3.63, 3.8) is 0 Å². The summed E-state index contributed by atoms with van der Waals surface area (Å²) in [6.45, 7) is 0.660. The van der Waals surface area contributed by atoms with Crippen LogP contribution in [0.5, 0.6) is 0 Å². The van der Waals surface area contributed by atoms with E-state index in [0.29, 0.717) is 37.7 Å². The molecule has 1 aliphatic rings. The van der Waals surface area contributed by atoms with Gasteiger partial charge in [0.1, 0.15) is 0 Å². The first-order valence-electron chi connectivity index (χ1n) is 9.38. The van der Waals surface area contributed by atoms with E-state index in [0.717, 1.165) is 29.8 Å². The monoisotopic (exact) mass is 478 g/mol. The Morgan fingerprint density at radius 3 is 2.30 bits per heavy atom. The molecular formula is C22H17Cl3N2O2S. The third-order valence-corrected chi connectivity index (χ3v) is 6.59. The second-order valence-electron chi connectivity index (χ2n) is 6.96. The van der Waals surface area contributed by atoms with E-state index in [9.17, 15) is 9.59 Å². The van der Waals surface area contributed by atoms with Crippen molar-refractivity contribution in [2.45, 2.75) is 19.3 Å². The lowest BCUT2D eigenvalue weighted by Crippen LogP contribution is -2.31. The highest BCUT2D eigenvalue weighted by atomic mass is 35.5. The van der Waals surface area contributed by atoms with E-state index >= 15 is 0 Å². The minimum Gasteiger partial charge on any atom is -0.322 e. The molecule has 0 saturated heterocycles. The second-order valence-corrected chi connectivity index (χ2v) is 9.60. The molecule has 0 spiro atoms. The highest BCUT2D eigenvalue weighted by Gasteiger charge is 2.24. The molecule has 0 atom stereocenters. The Morgan fingerprint density at radius 1 is 0.900 bits per heavy atom. The van der Waals surface area contributed by atoms with E-state index in [2.05, 4.69) is 5.32 Å². The lowest BCUT2D eigenvalue weighted by Gasteiger charge is -2.21. The number of halogens is 3. The van der Waals surface area contributed by atoms with Crippen molar-refractivity contribution in [1.82, 2.24) is 0 Å². The molecule has 2 aromatic carbocycles. The van der Waals surface area contributed by atoms with Gasteiger partial charge in [0, 0.05) is 38.3 Å². The third-order valence-electron chi connectivity index (χ3n) is 4.84. The molecule has 1 aliphatic heterocycles. The number of fused-ring (bicyclic) bond motifs is 1. The van der Waals surface area contributed by atoms with Gasteiger partial charge in [-0.25, -0.2) is 0 Å². The zero-order valence-corrected chi connectivity index (χ0v) is 18.8. The van der Waals surface area contributed by atoms with Gasteiger partial charge in [-0.15, -0.1) is 11.3 Å². The fourth-order valence-electron chi connectivity index (χ4n) is 3.42. The number of nitrogens with one attached hydrogen (secondary N) is 1. The Labute approximate surface area is 193 Å². The van der Waals surface area contributed by atoms with Gasteiger partial charge >= 0.3 is 0 Å². The first-order valence-corrected chi connectivity index (χ1v) is 11.3. The zero-order chi connectivity index (χ0) is 21.3. The summed E-state index contributed by atoms with van der Waals surface area (Å²) in [7, 11) is 0.